The molecule has 1 aliphatic rings. The second-order valence-corrected chi connectivity index (χ2v) is 6.53. The van der Waals surface area contributed by atoms with Crippen LogP contribution in [-0.4, -0.2) is 30.2 Å². The number of imide groups is 1. The van der Waals surface area contributed by atoms with Crippen LogP contribution in [0.4, 0.5) is 10.5 Å². The highest BCUT2D eigenvalue weighted by Crippen LogP contribution is 2.26. The van der Waals surface area contributed by atoms with Gasteiger partial charge >= 0.3 is 6.03 Å². The first kappa shape index (κ1) is 19.1. The molecular weight excluding hydrogens is 362 g/mol. The molecule has 0 saturated carbocycles. The fourth-order valence-electron chi connectivity index (χ4n) is 2.79. The Labute approximate surface area is 161 Å². The van der Waals surface area contributed by atoms with Crippen LogP contribution in [0.3, 0.4) is 0 Å². The van der Waals surface area contributed by atoms with E-state index in [1.54, 1.807) is 55.5 Å². The first-order valence-electron chi connectivity index (χ1n) is 8.56. The second-order valence-electron chi connectivity index (χ2n) is 6.53. The van der Waals surface area contributed by atoms with Crippen molar-refractivity contribution in [2.75, 3.05) is 11.9 Å². The van der Waals surface area contributed by atoms with Crippen molar-refractivity contribution in [3.05, 3.63) is 59.7 Å². The predicted octanol–water partition coefficient (Wildman–Crippen LogP) is 1.96. The van der Waals surface area contributed by atoms with Crippen LogP contribution in [0, 0.1) is 0 Å². The van der Waals surface area contributed by atoms with Crippen molar-refractivity contribution < 1.29 is 23.9 Å². The van der Waals surface area contributed by atoms with Gasteiger partial charge in [0.25, 0.3) is 11.8 Å². The first-order chi connectivity index (χ1) is 13.3. The minimum atomic E-state index is -1.20. The summed E-state index contributed by atoms with van der Waals surface area (Å²) >= 11 is 0. The summed E-state index contributed by atoms with van der Waals surface area (Å²) in [6.07, 6.45) is 0. The van der Waals surface area contributed by atoms with Gasteiger partial charge in [-0.3, -0.25) is 19.7 Å². The molecule has 8 nitrogen and oxygen atoms in total. The molecule has 1 aliphatic heterocycles. The third kappa shape index (κ3) is 4.01. The van der Waals surface area contributed by atoms with Crippen molar-refractivity contribution in [2.24, 2.45) is 0 Å². The number of hydrogen-bond donors (Lipinski definition) is 3. The minimum Gasteiger partial charge on any atom is -0.484 e. The zero-order valence-electron chi connectivity index (χ0n) is 15.4. The molecule has 0 bridgehead atoms. The smallest absolute Gasteiger partial charge is 0.322 e. The lowest BCUT2D eigenvalue weighted by atomic mass is 9.92. The van der Waals surface area contributed by atoms with Crippen molar-refractivity contribution in [1.82, 2.24) is 10.6 Å². The molecule has 8 heteroatoms. The average molecular weight is 381 g/mol. The quantitative estimate of drug-likeness (QED) is 0.523. The fourth-order valence-corrected chi connectivity index (χ4v) is 2.79. The van der Waals surface area contributed by atoms with Gasteiger partial charge in [0.1, 0.15) is 11.3 Å². The monoisotopic (exact) mass is 381 g/mol. The molecule has 0 aromatic heterocycles. The van der Waals surface area contributed by atoms with Gasteiger partial charge in [-0.15, -0.1) is 0 Å². The maximum absolute atomic E-state index is 12.2. The molecule has 1 atom stereocenters. The fraction of sp³-hybridized carbons (Fsp3) is 0.200. The predicted molar refractivity (Wildman–Crippen MR) is 101 cm³/mol. The van der Waals surface area contributed by atoms with E-state index in [2.05, 4.69) is 16.0 Å². The summed E-state index contributed by atoms with van der Waals surface area (Å²) in [7, 11) is 0. The van der Waals surface area contributed by atoms with Gasteiger partial charge in [-0.05, 0) is 55.8 Å². The molecule has 28 heavy (non-hydrogen) atoms. The number of rotatable bonds is 6. The summed E-state index contributed by atoms with van der Waals surface area (Å²) < 4.78 is 5.41. The molecule has 4 amide bonds. The molecule has 3 N–H and O–H groups in total. The van der Waals surface area contributed by atoms with Crippen LogP contribution in [0.2, 0.25) is 0 Å². The third-order valence-corrected chi connectivity index (χ3v) is 4.40. The Hall–Kier alpha value is -3.68. The SMILES string of the molecule is CC(=O)c1ccc(OCC(=O)Nc2cccc(C3(C)NC(=O)NC3=O)c2)cc1. The van der Waals surface area contributed by atoms with Gasteiger partial charge in [-0.1, -0.05) is 12.1 Å². The van der Waals surface area contributed by atoms with Crippen LogP contribution in [0.15, 0.2) is 48.5 Å². The van der Waals surface area contributed by atoms with Crippen LogP contribution in [0.5, 0.6) is 5.75 Å². The lowest BCUT2D eigenvalue weighted by molar-refractivity contribution is -0.123. The van der Waals surface area contributed by atoms with Crippen LogP contribution in [0.25, 0.3) is 0 Å². The van der Waals surface area contributed by atoms with E-state index in [0.29, 0.717) is 22.6 Å². The Morgan fingerprint density at radius 1 is 1.11 bits per heavy atom. The van der Waals surface area contributed by atoms with E-state index in [-0.39, 0.29) is 12.4 Å². The number of Topliss-reactive ketones (excluding diaryl/α,β-unsaturated/α-hetero) is 1. The lowest BCUT2D eigenvalue weighted by Crippen LogP contribution is -2.40. The number of ether oxygens (including phenoxy) is 1. The minimum absolute atomic E-state index is 0.0509. The Morgan fingerprint density at radius 2 is 1.82 bits per heavy atom. The van der Waals surface area contributed by atoms with E-state index >= 15 is 0 Å². The van der Waals surface area contributed by atoms with E-state index in [0.717, 1.165) is 0 Å². The van der Waals surface area contributed by atoms with Gasteiger partial charge in [-0.25, -0.2) is 4.79 Å². The van der Waals surface area contributed by atoms with Crippen LogP contribution in [-0.2, 0) is 15.1 Å². The largest absolute Gasteiger partial charge is 0.484 e. The molecule has 0 aliphatic carbocycles. The topological polar surface area (TPSA) is 114 Å². The average Bonchev–Trinajstić information content (AvgIpc) is 2.93. The van der Waals surface area contributed by atoms with Gasteiger partial charge in [0.05, 0.1) is 0 Å². The van der Waals surface area contributed by atoms with E-state index in [9.17, 15) is 19.2 Å². The maximum atomic E-state index is 12.2. The Bertz CT molecular complexity index is 955. The molecule has 144 valence electrons. The molecule has 1 fully saturated rings. The molecule has 1 unspecified atom stereocenters. The highest BCUT2D eigenvalue weighted by Gasteiger charge is 2.43. The Kier molecular flexibility index (Phi) is 5.12. The summed E-state index contributed by atoms with van der Waals surface area (Å²) in [5.41, 5.74) is 0.361. The molecule has 0 radical (unpaired) electrons. The number of urea groups is 1. The summed E-state index contributed by atoms with van der Waals surface area (Å²) in [5.74, 6) is -0.437. The number of carbonyl (C=O) groups excluding carboxylic acids is 4. The molecule has 2 aromatic carbocycles. The van der Waals surface area contributed by atoms with Gasteiger partial charge in [0, 0.05) is 11.3 Å². The van der Waals surface area contributed by atoms with Crippen molar-refractivity contribution in [3.8, 4) is 5.75 Å². The number of nitrogens with one attached hydrogen (secondary N) is 3. The zero-order chi connectivity index (χ0) is 20.3. The highest BCUT2D eigenvalue weighted by atomic mass is 16.5. The van der Waals surface area contributed by atoms with Gasteiger partial charge in [-0.2, -0.15) is 0 Å². The summed E-state index contributed by atoms with van der Waals surface area (Å²) in [4.78, 5) is 46.9. The molecule has 3 rings (SSSR count). The molecule has 1 heterocycles. The number of benzene rings is 2. The van der Waals surface area contributed by atoms with Crippen molar-refractivity contribution in [2.45, 2.75) is 19.4 Å². The zero-order valence-corrected chi connectivity index (χ0v) is 15.4. The van der Waals surface area contributed by atoms with Gasteiger partial charge < -0.3 is 15.4 Å². The van der Waals surface area contributed by atoms with Crippen molar-refractivity contribution >= 4 is 29.3 Å². The Balaban J connectivity index is 1.62. The standard InChI is InChI=1S/C20H19N3O5/c1-12(24)13-6-8-16(9-7-13)28-11-17(25)21-15-5-3-4-14(10-15)20(2)18(26)22-19(27)23-20/h3-10H,11H2,1-2H3,(H,21,25)(H2,22,23,26,27). The van der Waals surface area contributed by atoms with Crippen molar-refractivity contribution in [1.29, 1.82) is 0 Å². The van der Waals surface area contributed by atoms with E-state index < -0.39 is 23.4 Å². The summed E-state index contributed by atoms with van der Waals surface area (Å²) in [5, 5.41) is 7.46. The molecule has 1 saturated heterocycles. The second kappa shape index (κ2) is 7.51. The highest BCUT2D eigenvalue weighted by molar-refractivity contribution is 6.07. The Morgan fingerprint density at radius 3 is 2.43 bits per heavy atom. The first-order valence-corrected chi connectivity index (χ1v) is 8.56. The number of carbonyl (C=O) groups is 4. The van der Waals surface area contributed by atoms with Crippen LogP contribution in [0.1, 0.15) is 29.8 Å². The lowest BCUT2D eigenvalue weighted by Gasteiger charge is -2.21. The summed E-state index contributed by atoms with van der Waals surface area (Å²) in [6, 6.07) is 12.6. The molecule has 2 aromatic rings. The van der Waals surface area contributed by atoms with Crippen LogP contribution < -0.4 is 20.7 Å². The maximum Gasteiger partial charge on any atom is 0.322 e. The van der Waals surface area contributed by atoms with Crippen LogP contribution >= 0.6 is 0 Å². The number of hydrogen-bond acceptors (Lipinski definition) is 5. The van der Waals surface area contributed by atoms with Gasteiger partial charge in [0.2, 0.25) is 0 Å². The molecular formula is C20H19N3O5. The van der Waals surface area contributed by atoms with E-state index in [1.807, 2.05) is 0 Å². The molecule has 0 spiro atoms. The van der Waals surface area contributed by atoms with Gasteiger partial charge in [0.15, 0.2) is 12.4 Å². The van der Waals surface area contributed by atoms with Crippen molar-refractivity contribution in [3.63, 3.8) is 0 Å². The third-order valence-electron chi connectivity index (χ3n) is 4.40. The van der Waals surface area contributed by atoms with E-state index in [4.69, 9.17) is 4.74 Å². The number of amides is 4. The number of anilines is 1. The summed E-state index contributed by atoms with van der Waals surface area (Å²) in [6.45, 7) is 2.83. The normalized spacial score (nSPS) is 18.2. The number of ketones is 1. The van der Waals surface area contributed by atoms with E-state index in [1.165, 1.54) is 6.92 Å².